The Balaban J connectivity index is 1.58. The molecular formula is C12H13N7O2. The number of aryl methyl sites for hydroxylation is 2. The number of hydrogen-bond acceptors (Lipinski definition) is 8. The molecule has 3 aromatic heterocycles. The Morgan fingerprint density at radius 2 is 2.00 bits per heavy atom. The molecule has 108 valence electrons. The van der Waals surface area contributed by atoms with Gasteiger partial charge in [-0.2, -0.15) is 25.4 Å². The Labute approximate surface area is 119 Å². The lowest BCUT2D eigenvalue weighted by Gasteiger charge is -2.15. The van der Waals surface area contributed by atoms with Crippen molar-refractivity contribution in [1.82, 2.24) is 35.7 Å². The first-order chi connectivity index (χ1) is 10.3. The number of rotatable bonds is 3. The molecule has 1 unspecified atom stereocenters. The van der Waals surface area contributed by atoms with Crippen LogP contribution in [0.25, 0.3) is 0 Å². The van der Waals surface area contributed by atoms with E-state index in [1.807, 2.05) is 0 Å². The zero-order valence-electron chi connectivity index (χ0n) is 11.4. The van der Waals surface area contributed by atoms with Crippen molar-refractivity contribution in [2.75, 3.05) is 0 Å². The molecule has 0 spiro atoms. The highest BCUT2D eigenvalue weighted by atomic mass is 16.5. The molecule has 0 fully saturated rings. The Morgan fingerprint density at radius 3 is 2.86 bits per heavy atom. The molecule has 0 aliphatic heterocycles. The number of fused-ring (bicyclic) bond motifs is 1. The standard InChI is InChI=1S/C12H13N7O2/c1-6-13-9(17-20-6)5-10-14-12(21-18-10)7-3-2-4-8-11(7)16-19-15-8/h7H,2-5H2,1H3,(H,15,16,19). The predicted octanol–water partition coefficient (Wildman–Crippen LogP) is 0.938. The molecule has 1 atom stereocenters. The van der Waals surface area contributed by atoms with Gasteiger partial charge in [-0.05, 0) is 19.3 Å². The summed E-state index contributed by atoms with van der Waals surface area (Å²) in [4.78, 5) is 8.56. The van der Waals surface area contributed by atoms with Crippen molar-refractivity contribution in [2.45, 2.75) is 38.5 Å². The van der Waals surface area contributed by atoms with Crippen LogP contribution in [0.4, 0.5) is 0 Å². The molecule has 0 bridgehead atoms. The summed E-state index contributed by atoms with van der Waals surface area (Å²) < 4.78 is 10.3. The van der Waals surface area contributed by atoms with Crippen molar-refractivity contribution in [3.8, 4) is 0 Å². The monoisotopic (exact) mass is 287 g/mol. The van der Waals surface area contributed by atoms with Crippen molar-refractivity contribution < 1.29 is 9.05 Å². The topological polar surface area (TPSA) is 119 Å². The van der Waals surface area contributed by atoms with Crippen molar-refractivity contribution in [1.29, 1.82) is 0 Å². The van der Waals surface area contributed by atoms with Gasteiger partial charge in [0, 0.05) is 6.92 Å². The minimum atomic E-state index is 0.0146. The molecule has 0 saturated heterocycles. The molecule has 1 aliphatic rings. The zero-order chi connectivity index (χ0) is 14.2. The van der Waals surface area contributed by atoms with E-state index < -0.39 is 0 Å². The third-order valence-corrected chi connectivity index (χ3v) is 3.56. The summed E-state index contributed by atoms with van der Waals surface area (Å²) in [6.45, 7) is 1.74. The summed E-state index contributed by atoms with van der Waals surface area (Å²) in [6, 6.07) is 0. The first-order valence-corrected chi connectivity index (χ1v) is 6.81. The van der Waals surface area contributed by atoms with E-state index in [4.69, 9.17) is 9.05 Å². The third-order valence-electron chi connectivity index (χ3n) is 3.56. The Morgan fingerprint density at radius 1 is 1.14 bits per heavy atom. The van der Waals surface area contributed by atoms with Gasteiger partial charge in [-0.3, -0.25) is 0 Å². The lowest BCUT2D eigenvalue weighted by atomic mass is 9.90. The van der Waals surface area contributed by atoms with E-state index in [0.29, 0.717) is 29.9 Å². The molecule has 1 aliphatic carbocycles. The van der Waals surface area contributed by atoms with E-state index in [2.05, 4.69) is 35.7 Å². The van der Waals surface area contributed by atoms with Gasteiger partial charge in [0.1, 0.15) is 0 Å². The van der Waals surface area contributed by atoms with Crippen LogP contribution in [-0.2, 0) is 12.8 Å². The lowest BCUT2D eigenvalue weighted by molar-refractivity contribution is 0.348. The summed E-state index contributed by atoms with van der Waals surface area (Å²) in [5.74, 6) is 2.20. The van der Waals surface area contributed by atoms with Crippen LogP contribution in [0.5, 0.6) is 0 Å². The molecular weight excluding hydrogens is 274 g/mol. The van der Waals surface area contributed by atoms with Gasteiger partial charge in [0.25, 0.3) is 0 Å². The van der Waals surface area contributed by atoms with E-state index in [1.165, 1.54) is 0 Å². The molecule has 3 heterocycles. The SMILES string of the molecule is Cc1nc(Cc2noc(C3CCCc4n[nH]nc43)n2)no1. The average Bonchev–Trinajstić information content (AvgIpc) is 3.19. The van der Waals surface area contributed by atoms with Crippen LogP contribution in [0.15, 0.2) is 9.05 Å². The minimum absolute atomic E-state index is 0.0146. The number of nitrogens with zero attached hydrogens (tertiary/aromatic N) is 6. The smallest absolute Gasteiger partial charge is 0.235 e. The molecule has 9 nitrogen and oxygen atoms in total. The summed E-state index contributed by atoms with van der Waals surface area (Å²) in [6.07, 6.45) is 3.29. The fraction of sp³-hybridized carbons (Fsp3) is 0.500. The number of nitrogens with one attached hydrogen (secondary N) is 1. The molecule has 1 N–H and O–H groups in total. The van der Waals surface area contributed by atoms with Crippen LogP contribution in [-0.4, -0.2) is 35.7 Å². The van der Waals surface area contributed by atoms with E-state index in [9.17, 15) is 0 Å². The molecule has 21 heavy (non-hydrogen) atoms. The number of aromatic nitrogens is 7. The van der Waals surface area contributed by atoms with Crippen LogP contribution in [0.3, 0.4) is 0 Å². The van der Waals surface area contributed by atoms with Gasteiger partial charge in [-0.15, -0.1) is 0 Å². The van der Waals surface area contributed by atoms with Crippen molar-refractivity contribution in [2.24, 2.45) is 0 Å². The summed E-state index contributed by atoms with van der Waals surface area (Å²) in [5.41, 5.74) is 1.90. The molecule has 4 rings (SSSR count). The minimum Gasteiger partial charge on any atom is -0.340 e. The van der Waals surface area contributed by atoms with Crippen LogP contribution < -0.4 is 0 Å². The predicted molar refractivity (Wildman–Crippen MR) is 67.3 cm³/mol. The van der Waals surface area contributed by atoms with Crippen LogP contribution in [0, 0.1) is 6.92 Å². The Kier molecular flexibility index (Phi) is 2.76. The van der Waals surface area contributed by atoms with Gasteiger partial charge in [-0.25, -0.2) is 0 Å². The number of aromatic amines is 1. The van der Waals surface area contributed by atoms with Gasteiger partial charge < -0.3 is 9.05 Å². The molecule has 0 aromatic carbocycles. The van der Waals surface area contributed by atoms with Gasteiger partial charge in [0.05, 0.1) is 23.7 Å². The number of H-pyrrole nitrogens is 1. The second kappa shape index (κ2) is 4.76. The lowest BCUT2D eigenvalue weighted by Crippen LogP contribution is -2.11. The van der Waals surface area contributed by atoms with E-state index in [-0.39, 0.29) is 5.92 Å². The van der Waals surface area contributed by atoms with Crippen LogP contribution in [0.1, 0.15) is 53.6 Å². The zero-order valence-corrected chi connectivity index (χ0v) is 11.4. The van der Waals surface area contributed by atoms with Crippen molar-refractivity contribution >= 4 is 0 Å². The van der Waals surface area contributed by atoms with Gasteiger partial charge in [0.15, 0.2) is 11.6 Å². The summed E-state index contributed by atoms with van der Waals surface area (Å²) in [5, 5.41) is 18.8. The van der Waals surface area contributed by atoms with Crippen molar-refractivity contribution in [3.63, 3.8) is 0 Å². The quantitative estimate of drug-likeness (QED) is 0.755. The maximum atomic E-state index is 5.38. The van der Waals surface area contributed by atoms with Gasteiger partial charge in [-0.1, -0.05) is 10.3 Å². The first-order valence-electron chi connectivity index (χ1n) is 6.81. The van der Waals surface area contributed by atoms with E-state index >= 15 is 0 Å². The number of hydrogen-bond donors (Lipinski definition) is 1. The van der Waals surface area contributed by atoms with Gasteiger partial charge in [0.2, 0.25) is 11.8 Å². The van der Waals surface area contributed by atoms with Crippen LogP contribution in [0.2, 0.25) is 0 Å². The highest BCUT2D eigenvalue weighted by Crippen LogP contribution is 2.33. The third kappa shape index (κ3) is 2.20. The summed E-state index contributed by atoms with van der Waals surface area (Å²) in [7, 11) is 0. The highest BCUT2D eigenvalue weighted by Gasteiger charge is 2.30. The summed E-state index contributed by atoms with van der Waals surface area (Å²) >= 11 is 0. The second-order valence-electron chi connectivity index (χ2n) is 5.06. The maximum Gasteiger partial charge on any atom is 0.235 e. The largest absolute Gasteiger partial charge is 0.340 e. The van der Waals surface area contributed by atoms with Gasteiger partial charge >= 0.3 is 0 Å². The highest BCUT2D eigenvalue weighted by molar-refractivity contribution is 5.23. The second-order valence-corrected chi connectivity index (χ2v) is 5.06. The molecule has 3 aromatic rings. The van der Waals surface area contributed by atoms with E-state index in [0.717, 1.165) is 30.7 Å². The fourth-order valence-corrected chi connectivity index (χ4v) is 2.61. The first kappa shape index (κ1) is 12.2. The maximum absolute atomic E-state index is 5.38. The van der Waals surface area contributed by atoms with Crippen molar-refractivity contribution in [3.05, 3.63) is 34.8 Å². The van der Waals surface area contributed by atoms with Crippen LogP contribution >= 0.6 is 0 Å². The normalized spacial score (nSPS) is 17.9. The molecule has 0 radical (unpaired) electrons. The Bertz CT molecular complexity index is 759. The van der Waals surface area contributed by atoms with E-state index in [1.54, 1.807) is 6.92 Å². The Hall–Kier alpha value is -2.58. The molecule has 0 saturated carbocycles. The molecule has 0 amide bonds. The fourth-order valence-electron chi connectivity index (χ4n) is 2.61. The molecule has 9 heteroatoms. The average molecular weight is 287 g/mol.